The third kappa shape index (κ3) is 4.21. The first-order valence-electron chi connectivity index (χ1n) is 6.40. The molecule has 6 heteroatoms. The molecule has 0 unspecified atom stereocenters. The Morgan fingerprint density at radius 2 is 2.00 bits per heavy atom. The van der Waals surface area contributed by atoms with E-state index in [-0.39, 0.29) is 0 Å². The fraction of sp³-hybridized carbons (Fsp3) is 0.462. The van der Waals surface area contributed by atoms with E-state index in [4.69, 9.17) is 28.9 Å². The third-order valence-corrected chi connectivity index (χ3v) is 4.43. The van der Waals surface area contributed by atoms with E-state index in [9.17, 15) is 0 Å². The van der Waals surface area contributed by atoms with E-state index >= 15 is 0 Å². The number of imidazole rings is 1. The summed E-state index contributed by atoms with van der Waals surface area (Å²) < 4.78 is 1.39. The first-order chi connectivity index (χ1) is 9.20. The molecule has 0 radical (unpaired) electrons. The molecule has 2 rings (SSSR count). The molecule has 0 saturated carbocycles. The monoisotopic (exact) mass is 317 g/mol. The number of aromatic nitrogens is 2. The minimum Gasteiger partial charge on any atom is -0.342 e. The van der Waals surface area contributed by atoms with Crippen LogP contribution in [0.3, 0.4) is 0 Å². The molecule has 2 aromatic heterocycles. The van der Waals surface area contributed by atoms with Crippen LogP contribution < -0.4 is 5.73 Å². The van der Waals surface area contributed by atoms with E-state index in [1.54, 1.807) is 0 Å². The molecule has 2 aromatic rings. The van der Waals surface area contributed by atoms with E-state index in [1.165, 1.54) is 24.2 Å². The maximum Gasteiger partial charge on any atom is 0.106 e. The molecule has 19 heavy (non-hydrogen) atoms. The summed E-state index contributed by atoms with van der Waals surface area (Å²) in [6, 6.07) is 1.87. The molecule has 3 nitrogen and oxygen atoms in total. The van der Waals surface area contributed by atoms with Crippen LogP contribution in [0.15, 0.2) is 12.3 Å². The highest BCUT2D eigenvalue weighted by Crippen LogP contribution is 2.37. The second-order valence-electron chi connectivity index (χ2n) is 4.43. The Kier molecular flexibility index (Phi) is 5.70. The lowest BCUT2D eigenvalue weighted by atomic mass is 10.1. The van der Waals surface area contributed by atoms with Gasteiger partial charge < -0.3 is 10.7 Å². The van der Waals surface area contributed by atoms with Gasteiger partial charge in [-0.05, 0) is 25.5 Å². The van der Waals surface area contributed by atoms with Gasteiger partial charge in [-0.3, -0.25) is 0 Å². The van der Waals surface area contributed by atoms with Gasteiger partial charge in [-0.15, -0.1) is 11.3 Å². The fourth-order valence-corrected chi connectivity index (χ4v) is 3.43. The van der Waals surface area contributed by atoms with Crippen LogP contribution >= 0.6 is 34.5 Å². The Labute approximate surface area is 127 Å². The van der Waals surface area contributed by atoms with Crippen LogP contribution in [-0.4, -0.2) is 16.5 Å². The van der Waals surface area contributed by atoms with Crippen molar-refractivity contribution in [1.82, 2.24) is 9.97 Å². The van der Waals surface area contributed by atoms with Crippen LogP contribution in [0.1, 0.15) is 31.5 Å². The van der Waals surface area contributed by atoms with Gasteiger partial charge in [0.15, 0.2) is 0 Å². The molecule has 0 saturated heterocycles. The Bertz CT molecular complexity index is 522. The van der Waals surface area contributed by atoms with Gasteiger partial charge in [0.2, 0.25) is 0 Å². The topological polar surface area (TPSA) is 54.7 Å². The number of aromatic amines is 1. The largest absolute Gasteiger partial charge is 0.342 e. The van der Waals surface area contributed by atoms with Crippen molar-refractivity contribution in [3.63, 3.8) is 0 Å². The molecule has 104 valence electrons. The molecular formula is C13H17Cl2N3S. The minimum absolute atomic E-state index is 0.693. The van der Waals surface area contributed by atoms with Crippen molar-refractivity contribution in [2.75, 3.05) is 6.54 Å². The van der Waals surface area contributed by atoms with Gasteiger partial charge in [0.05, 0.1) is 16.2 Å². The molecule has 0 fully saturated rings. The third-order valence-electron chi connectivity index (χ3n) is 2.94. The number of hydrogen-bond acceptors (Lipinski definition) is 3. The van der Waals surface area contributed by atoms with Gasteiger partial charge in [-0.1, -0.05) is 36.0 Å². The van der Waals surface area contributed by atoms with Crippen molar-refractivity contribution < 1.29 is 0 Å². The predicted molar refractivity (Wildman–Crippen MR) is 83.1 cm³/mol. The van der Waals surface area contributed by atoms with Crippen LogP contribution in [0.4, 0.5) is 0 Å². The first kappa shape index (κ1) is 14.9. The van der Waals surface area contributed by atoms with E-state index < -0.39 is 0 Å². The number of hydrogen-bond donors (Lipinski definition) is 2. The molecule has 0 atom stereocenters. The summed E-state index contributed by atoms with van der Waals surface area (Å²) in [5.74, 6) is 1.00. The summed E-state index contributed by atoms with van der Waals surface area (Å²) >= 11 is 13.4. The van der Waals surface area contributed by atoms with Gasteiger partial charge in [0, 0.05) is 12.0 Å². The number of H-pyrrole nitrogens is 1. The normalized spacial score (nSPS) is 11.1. The second kappa shape index (κ2) is 7.29. The molecular weight excluding hydrogens is 301 g/mol. The van der Waals surface area contributed by atoms with Crippen LogP contribution in [-0.2, 0) is 6.42 Å². The van der Waals surface area contributed by atoms with E-state index in [1.807, 2.05) is 12.3 Å². The van der Waals surface area contributed by atoms with Crippen LogP contribution in [0.5, 0.6) is 0 Å². The number of thiophene rings is 1. The van der Waals surface area contributed by atoms with Crippen LogP contribution in [0.2, 0.25) is 8.67 Å². The summed E-state index contributed by atoms with van der Waals surface area (Å²) in [5.41, 5.74) is 7.33. The van der Waals surface area contributed by atoms with E-state index in [0.717, 1.165) is 42.9 Å². The quantitative estimate of drug-likeness (QED) is 0.738. The number of nitrogens with two attached hydrogens (primary N) is 1. The molecule has 0 aliphatic carbocycles. The average Bonchev–Trinajstić information content (AvgIpc) is 2.95. The minimum atomic E-state index is 0.693. The van der Waals surface area contributed by atoms with Gasteiger partial charge in [0.1, 0.15) is 10.2 Å². The SMILES string of the molecule is NCCCCCCc1ncc(-c2cc(Cl)sc2Cl)[nH]1. The van der Waals surface area contributed by atoms with Crippen molar-refractivity contribution >= 4 is 34.5 Å². The first-order valence-corrected chi connectivity index (χ1v) is 7.97. The van der Waals surface area contributed by atoms with E-state index in [2.05, 4.69) is 9.97 Å². The zero-order valence-electron chi connectivity index (χ0n) is 10.6. The fourth-order valence-electron chi connectivity index (χ4n) is 1.94. The number of nitrogens with zero attached hydrogens (tertiary/aromatic N) is 1. The lowest BCUT2D eigenvalue weighted by Gasteiger charge is -1.98. The molecule has 0 amide bonds. The highest BCUT2D eigenvalue weighted by Gasteiger charge is 2.10. The highest BCUT2D eigenvalue weighted by molar-refractivity contribution is 7.20. The lowest BCUT2D eigenvalue weighted by molar-refractivity contribution is 0.638. The van der Waals surface area contributed by atoms with Crippen molar-refractivity contribution in [3.8, 4) is 11.3 Å². The van der Waals surface area contributed by atoms with E-state index in [0.29, 0.717) is 8.67 Å². The number of unbranched alkanes of at least 4 members (excludes halogenated alkanes) is 3. The number of halogens is 2. The molecule has 3 N–H and O–H groups in total. The Balaban J connectivity index is 1.90. The Hall–Kier alpha value is -0.550. The standard InChI is InChI=1S/C13H17Cl2N3S/c14-11-7-9(13(15)19-11)10-8-17-12(18-10)5-3-1-2-4-6-16/h7-8H,1-6,16H2,(H,17,18). The molecule has 0 aliphatic heterocycles. The molecule has 0 aromatic carbocycles. The van der Waals surface area contributed by atoms with Gasteiger partial charge in [0.25, 0.3) is 0 Å². The maximum absolute atomic E-state index is 6.12. The number of rotatable bonds is 7. The summed E-state index contributed by atoms with van der Waals surface area (Å²) in [7, 11) is 0. The molecule has 0 spiro atoms. The predicted octanol–water partition coefficient (Wildman–Crippen LogP) is 4.51. The van der Waals surface area contributed by atoms with Crippen molar-refractivity contribution in [1.29, 1.82) is 0 Å². The molecule has 2 heterocycles. The highest BCUT2D eigenvalue weighted by atomic mass is 35.5. The van der Waals surface area contributed by atoms with Gasteiger partial charge in [-0.2, -0.15) is 0 Å². The summed E-state index contributed by atoms with van der Waals surface area (Å²) in [5, 5.41) is 0. The molecule has 0 bridgehead atoms. The molecule has 0 aliphatic rings. The van der Waals surface area contributed by atoms with Crippen LogP contribution in [0.25, 0.3) is 11.3 Å². The number of aryl methyl sites for hydroxylation is 1. The second-order valence-corrected chi connectivity index (χ2v) is 6.72. The Morgan fingerprint density at radius 3 is 2.68 bits per heavy atom. The summed E-state index contributed by atoms with van der Waals surface area (Å²) in [6.45, 7) is 0.780. The average molecular weight is 318 g/mol. The lowest BCUT2D eigenvalue weighted by Crippen LogP contribution is -1.98. The van der Waals surface area contributed by atoms with Gasteiger partial charge >= 0.3 is 0 Å². The zero-order chi connectivity index (χ0) is 13.7. The summed E-state index contributed by atoms with van der Waals surface area (Å²) in [4.78, 5) is 7.69. The Morgan fingerprint density at radius 1 is 1.21 bits per heavy atom. The maximum atomic E-state index is 6.12. The van der Waals surface area contributed by atoms with Crippen molar-refractivity contribution in [2.45, 2.75) is 32.1 Å². The number of nitrogens with one attached hydrogen (secondary N) is 1. The smallest absolute Gasteiger partial charge is 0.106 e. The van der Waals surface area contributed by atoms with Crippen LogP contribution in [0, 0.1) is 0 Å². The van der Waals surface area contributed by atoms with Gasteiger partial charge in [-0.25, -0.2) is 4.98 Å². The zero-order valence-corrected chi connectivity index (χ0v) is 12.9. The van der Waals surface area contributed by atoms with Crippen molar-refractivity contribution in [2.24, 2.45) is 5.73 Å². The van der Waals surface area contributed by atoms with Crippen molar-refractivity contribution in [3.05, 3.63) is 26.8 Å². The summed E-state index contributed by atoms with van der Waals surface area (Å²) in [6.07, 6.45) is 7.39.